The Morgan fingerprint density at radius 3 is 2.77 bits per heavy atom. The van der Waals surface area contributed by atoms with Gasteiger partial charge >= 0.3 is 6.01 Å². The van der Waals surface area contributed by atoms with Crippen molar-refractivity contribution in [3.63, 3.8) is 0 Å². The van der Waals surface area contributed by atoms with Gasteiger partial charge in [0.05, 0.1) is 5.39 Å². The van der Waals surface area contributed by atoms with Crippen LogP contribution in [0.25, 0.3) is 37.1 Å². The standard InChI is InChI=1S/C30H28F3N7O2S/c1-17(31)29(41)40-11-10-39(15-19(40)13-34-2)28-22-14-35-25(21-6-7-23(32)20-8-12-43-27(20)21)24(33)26(22)36-30(37-28)42-16-18-5-4-9-38(18)3/h6-8,12,14,18-19H,1,4-5,9-11,13,15-16H2,3H3/t18-,19-/m0/s1. The number of rotatable bonds is 7. The molecule has 222 valence electrons. The lowest BCUT2D eigenvalue weighted by Crippen LogP contribution is -2.56. The number of halogens is 3. The Morgan fingerprint density at radius 1 is 1.19 bits per heavy atom. The number of fused-ring (bicyclic) bond motifs is 2. The number of benzene rings is 1. The highest BCUT2D eigenvalue weighted by atomic mass is 32.1. The predicted octanol–water partition coefficient (Wildman–Crippen LogP) is 5.08. The summed E-state index contributed by atoms with van der Waals surface area (Å²) in [6.07, 6.45) is 3.48. The molecule has 3 aromatic heterocycles. The molecule has 9 nitrogen and oxygen atoms in total. The van der Waals surface area contributed by atoms with Gasteiger partial charge in [0.15, 0.2) is 11.6 Å². The monoisotopic (exact) mass is 607 g/mol. The second-order valence-corrected chi connectivity index (χ2v) is 11.6. The van der Waals surface area contributed by atoms with Gasteiger partial charge in [0.2, 0.25) is 6.54 Å². The quantitative estimate of drug-likeness (QED) is 0.214. The zero-order valence-electron chi connectivity index (χ0n) is 23.4. The van der Waals surface area contributed by atoms with Crippen LogP contribution in [0.4, 0.5) is 19.0 Å². The van der Waals surface area contributed by atoms with Crippen LogP contribution < -0.4 is 9.64 Å². The lowest BCUT2D eigenvalue weighted by atomic mass is 10.1. The van der Waals surface area contributed by atoms with E-state index in [1.165, 1.54) is 34.6 Å². The molecule has 0 bridgehead atoms. The number of thiophene rings is 1. The van der Waals surface area contributed by atoms with Crippen molar-refractivity contribution in [2.75, 3.05) is 51.3 Å². The SMILES string of the molecule is [C-]#[N+]C[C@H]1CN(c2nc(OC[C@@H]3CCCN3C)nc3c(F)c(-c4ccc(F)c5ccsc45)ncc23)CCN1C(=O)C(=C)F. The number of aromatic nitrogens is 3. The van der Waals surface area contributed by atoms with Crippen molar-refractivity contribution in [1.82, 2.24) is 24.8 Å². The van der Waals surface area contributed by atoms with Gasteiger partial charge in [-0.05, 0) is 50.0 Å². The number of hydrogen-bond donors (Lipinski definition) is 0. The molecule has 13 heteroatoms. The Labute approximate surface area is 250 Å². The Kier molecular flexibility index (Phi) is 7.89. The fourth-order valence-corrected chi connectivity index (χ4v) is 6.75. The second-order valence-electron chi connectivity index (χ2n) is 10.7. The minimum absolute atomic E-state index is 0.0170. The fraction of sp³-hybridized carbons (Fsp3) is 0.367. The predicted molar refractivity (Wildman–Crippen MR) is 159 cm³/mol. The van der Waals surface area contributed by atoms with E-state index in [0.29, 0.717) is 33.5 Å². The summed E-state index contributed by atoms with van der Waals surface area (Å²) in [5.74, 6) is -2.73. The van der Waals surface area contributed by atoms with Crippen molar-refractivity contribution in [3.05, 3.63) is 65.2 Å². The van der Waals surface area contributed by atoms with Gasteiger partial charge in [-0.2, -0.15) is 9.97 Å². The summed E-state index contributed by atoms with van der Waals surface area (Å²) in [5.41, 5.74) is 0.446. The summed E-state index contributed by atoms with van der Waals surface area (Å²) < 4.78 is 51.2. The van der Waals surface area contributed by atoms with Gasteiger partial charge in [-0.15, -0.1) is 11.3 Å². The minimum atomic E-state index is -1.09. The van der Waals surface area contributed by atoms with Crippen LogP contribution in [-0.2, 0) is 4.79 Å². The number of likely N-dealkylation sites (tertiary alicyclic amines) is 1. The van der Waals surface area contributed by atoms with E-state index in [1.54, 1.807) is 11.4 Å². The van der Waals surface area contributed by atoms with Gasteiger partial charge in [-0.25, -0.2) is 19.7 Å². The largest absolute Gasteiger partial charge is 0.462 e. The molecule has 1 aromatic carbocycles. The zero-order chi connectivity index (χ0) is 30.2. The van der Waals surface area contributed by atoms with Crippen molar-refractivity contribution >= 4 is 44.1 Å². The van der Waals surface area contributed by atoms with Crippen molar-refractivity contribution < 1.29 is 22.7 Å². The van der Waals surface area contributed by atoms with Crippen LogP contribution in [0, 0.1) is 18.2 Å². The third-order valence-corrected chi connectivity index (χ3v) is 9.06. The average molecular weight is 608 g/mol. The number of carbonyl (C=O) groups is 1. The molecule has 0 spiro atoms. The Balaban J connectivity index is 1.44. The highest BCUT2D eigenvalue weighted by Gasteiger charge is 2.35. The third-order valence-electron chi connectivity index (χ3n) is 8.12. The van der Waals surface area contributed by atoms with Crippen molar-refractivity contribution in [1.29, 1.82) is 0 Å². The number of piperazine rings is 1. The number of anilines is 1. The van der Waals surface area contributed by atoms with E-state index in [2.05, 4.69) is 31.3 Å². The first-order valence-electron chi connectivity index (χ1n) is 13.9. The molecule has 4 aromatic rings. The number of pyridine rings is 1. The molecule has 2 aliphatic rings. The van der Waals surface area contributed by atoms with Gasteiger partial charge in [-0.3, -0.25) is 9.78 Å². The van der Waals surface area contributed by atoms with Crippen LogP contribution in [-0.4, -0.2) is 89.1 Å². The molecule has 5 heterocycles. The van der Waals surface area contributed by atoms with Crippen LogP contribution in [0.2, 0.25) is 0 Å². The first-order chi connectivity index (χ1) is 20.8. The number of hydrogen-bond acceptors (Lipinski definition) is 8. The minimum Gasteiger partial charge on any atom is -0.462 e. The number of amides is 1. The molecule has 2 aliphatic heterocycles. The molecule has 0 unspecified atom stereocenters. The van der Waals surface area contributed by atoms with E-state index in [9.17, 15) is 13.6 Å². The molecule has 2 fully saturated rings. The van der Waals surface area contributed by atoms with Crippen molar-refractivity contribution in [2.45, 2.75) is 24.9 Å². The van der Waals surface area contributed by atoms with Gasteiger partial charge in [-0.1, -0.05) is 6.58 Å². The van der Waals surface area contributed by atoms with Gasteiger partial charge in [0.25, 0.3) is 5.91 Å². The van der Waals surface area contributed by atoms with E-state index in [0.717, 1.165) is 19.4 Å². The summed E-state index contributed by atoms with van der Waals surface area (Å²) in [7, 11) is 2.02. The smallest absolute Gasteiger partial charge is 0.319 e. The molecular formula is C30H28F3N7O2S. The number of ether oxygens (including phenoxy) is 1. The molecule has 0 aliphatic carbocycles. The molecule has 2 atom stereocenters. The maximum Gasteiger partial charge on any atom is 0.319 e. The van der Waals surface area contributed by atoms with Crippen molar-refractivity contribution in [2.24, 2.45) is 0 Å². The highest BCUT2D eigenvalue weighted by Crippen LogP contribution is 2.38. The Morgan fingerprint density at radius 2 is 2.02 bits per heavy atom. The molecule has 0 radical (unpaired) electrons. The summed E-state index contributed by atoms with van der Waals surface area (Å²) in [6.45, 7) is 12.2. The van der Waals surface area contributed by atoms with Crippen LogP contribution in [0.3, 0.4) is 0 Å². The summed E-state index contributed by atoms with van der Waals surface area (Å²) in [4.78, 5) is 34.8. The topological polar surface area (TPSA) is 79.1 Å². The lowest BCUT2D eigenvalue weighted by molar-refractivity contribution is -0.131. The van der Waals surface area contributed by atoms with Crippen LogP contribution in [0.5, 0.6) is 6.01 Å². The fourth-order valence-electron chi connectivity index (χ4n) is 5.82. The number of carbonyl (C=O) groups excluding carboxylic acids is 1. The van der Waals surface area contributed by atoms with Gasteiger partial charge < -0.3 is 24.3 Å². The van der Waals surface area contributed by atoms with Crippen molar-refractivity contribution in [3.8, 4) is 17.3 Å². The Hall–Kier alpha value is -4.28. The van der Waals surface area contributed by atoms with E-state index < -0.39 is 29.4 Å². The molecule has 0 saturated carbocycles. The molecule has 2 saturated heterocycles. The molecule has 6 rings (SSSR count). The summed E-state index contributed by atoms with van der Waals surface area (Å²) >= 11 is 1.29. The van der Waals surface area contributed by atoms with E-state index in [4.69, 9.17) is 11.3 Å². The van der Waals surface area contributed by atoms with E-state index in [-0.39, 0.29) is 49.4 Å². The second kappa shape index (κ2) is 11.8. The van der Waals surface area contributed by atoms with Crippen LogP contribution in [0.1, 0.15) is 12.8 Å². The molecule has 43 heavy (non-hydrogen) atoms. The average Bonchev–Trinajstić information content (AvgIpc) is 3.66. The van der Waals surface area contributed by atoms with Gasteiger partial charge in [0.1, 0.15) is 35.5 Å². The van der Waals surface area contributed by atoms with E-state index in [1.807, 2.05) is 11.9 Å². The maximum absolute atomic E-state index is 16.4. The normalized spacial score (nSPS) is 19.2. The lowest BCUT2D eigenvalue weighted by Gasteiger charge is -2.39. The van der Waals surface area contributed by atoms with Crippen LogP contribution >= 0.6 is 11.3 Å². The first-order valence-corrected chi connectivity index (χ1v) is 14.7. The summed E-state index contributed by atoms with van der Waals surface area (Å²) in [5, 5.41) is 2.43. The summed E-state index contributed by atoms with van der Waals surface area (Å²) in [6, 6.07) is 3.95. The third kappa shape index (κ3) is 5.36. The molecule has 0 N–H and O–H groups in total. The molecule has 1 amide bonds. The Bertz CT molecular complexity index is 1770. The van der Waals surface area contributed by atoms with Crippen LogP contribution in [0.15, 0.2) is 42.2 Å². The number of likely N-dealkylation sites (N-methyl/N-ethyl adjacent to an activating group) is 1. The van der Waals surface area contributed by atoms with E-state index >= 15 is 4.39 Å². The maximum atomic E-state index is 16.4. The highest BCUT2D eigenvalue weighted by molar-refractivity contribution is 7.17. The zero-order valence-corrected chi connectivity index (χ0v) is 24.2. The number of nitrogens with zero attached hydrogens (tertiary/aromatic N) is 7. The van der Waals surface area contributed by atoms with Gasteiger partial charge in [0, 0.05) is 47.5 Å². The first kappa shape index (κ1) is 28.8. The molecular weight excluding hydrogens is 579 g/mol.